The first-order chi connectivity index (χ1) is 11.7. The van der Waals surface area contributed by atoms with Crippen LogP contribution >= 0.6 is 0 Å². The van der Waals surface area contributed by atoms with Gasteiger partial charge < -0.3 is 10.1 Å². The van der Waals surface area contributed by atoms with Crippen LogP contribution in [0.2, 0.25) is 0 Å². The van der Waals surface area contributed by atoms with Gasteiger partial charge in [0.05, 0.1) is 11.3 Å². The molecular weight excluding hydrogens is 316 g/mol. The molecule has 0 saturated carbocycles. The molecule has 1 aromatic heterocycles. The van der Waals surface area contributed by atoms with Crippen LogP contribution in [-0.2, 0) is 4.74 Å². The molecule has 1 heterocycles. The molecule has 0 unspecified atom stereocenters. The van der Waals surface area contributed by atoms with Crippen molar-refractivity contribution in [2.75, 3.05) is 7.05 Å². The van der Waals surface area contributed by atoms with Crippen molar-refractivity contribution in [2.45, 2.75) is 26.4 Å². The Morgan fingerprint density at radius 1 is 1.04 bits per heavy atom. The minimum Gasteiger partial charge on any atom is -0.456 e. The number of hydrogen-bond acceptors (Lipinski definition) is 4. The van der Waals surface area contributed by atoms with Gasteiger partial charge in [-0.2, -0.15) is 0 Å². The van der Waals surface area contributed by atoms with Crippen molar-refractivity contribution in [3.05, 3.63) is 71.6 Å². The van der Waals surface area contributed by atoms with Gasteiger partial charge in [0.25, 0.3) is 5.91 Å². The molecule has 2 rings (SSSR count). The standard InChI is InChI=1S/C20H22N2O3/c1-13(14-9-7-6-8-10-14)16-11-15(19(24)25-20(2,3)4)12-17(22-16)18(23)21-5/h6-12H,1H2,2-5H3,(H,21,23). The number of nitrogens with zero attached hydrogens (tertiary/aromatic N) is 1. The zero-order valence-electron chi connectivity index (χ0n) is 14.9. The second kappa shape index (κ2) is 7.30. The summed E-state index contributed by atoms with van der Waals surface area (Å²) < 4.78 is 5.40. The number of nitrogens with one attached hydrogen (secondary N) is 1. The fourth-order valence-corrected chi connectivity index (χ4v) is 2.17. The van der Waals surface area contributed by atoms with Crippen molar-refractivity contribution in [3.8, 4) is 0 Å². The van der Waals surface area contributed by atoms with Gasteiger partial charge in [0, 0.05) is 12.6 Å². The smallest absolute Gasteiger partial charge is 0.338 e. The van der Waals surface area contributed by atoms with Crippen molar-refractivity contribution in [3.63, 3.8) is 0 Å². The quantitative estimate of drug-likeness (QED) is 0.867. The van der Waals surface area contributed by atoms with E-state index in [2.05, 4.69) is 16.9 Å². The fraction of sp³-hybridized carbons (Fsp3) is 0.250. The minimum atomic E-state index is -0.635. The highest BCUT2D eigenvalue weighted by molar-refractivity contribution is 5.97. The molecule has 0 radical (unpaired) electrons. The van der Waals surface area contributed by atoms with Gasteiger partial charge in [-0.25, -0.2) is 9.78 Å². The zero-order chi connectivity index (χ0) is 18.6. The van der Waals surface area contributed by atoms with Crippen LogP contribution in [0.3, 0.4) is 0 Å². The lowest BCUT2D eigenvalue weighted by Gasteiger charge is -2.20. The predicted octanol–water partition coefficient (Wildman–Crippen LogP) is 3.46. The first kappa shape index (κ1) is 18.4. The molecule has 1 amide bonds. The lowest BCUT2D eigenvalue weighted by molar-refractivity contribution is 0.00693. The maximum Gasteiger partial charge on any atom is 0.338 e. The maximum absolute atomic E-state index is 12.4. The molecule has 0 spiro atoms. The molecule has 5 heteroatoms. The van der Waals surface area contributed by atoms with E-state index in [0.29, 0.717) is 11.3 Å². The number of carbonyl (C=O) groups is 2. The van der Waals surface area contributed by atoms with Crippen LogP contribution in [0.4, 0.5) is 0 Å². The summed E-state index contributed by atoms with van der Waals surface area (Å²) in [7, 11) is 1.51. The Morgan fingerprint density at radius 2 is 1.64 bits per heavy atom. The van der Waals surface area contributed by atoms with E-state index in [1.165, 1.54) is 13.1 Å². The average molecular weight is 338 g/mol. The highest BCUT2D eigenvalue weighted by Gasteiger charge is 2.21. The Balaban J connectivity index is 2.49. The molecule has 0 aliphatic heterocycles. The van der Waals surface area contributed by atoms with Gasteiger partial charge in [-0.3, -0.25) is 4.79 Å². The van der Waals surface area contributed by atoms with Crippen LogP contribution in [0, 0.1) is 0 Å². The molecule has 0 atom stereocenters. The first-order valence-corrected chi connectivity index (χ1v) is 7.93. The van der Waals surface area contributed by atoms with Crippen LogP contribution < -0.4 is 5.32 Å². The molecule has 0 bridgehead atoms. The van der Waals surface area contributed by atoms with Crippen molar-refractivity contribution in [1.29, 1.82) is 0 Å². The number of benzene rings is 1. The van der Waals surface area contributed by atoms with Crippen LogP contribution in [0.25, 0.3) is 5.57 Å². The third kappa shape index (κ3) is 4.76. The largest absolute Gasteiger partial charge is 0.456 e. The molecule has 1 N–H and O–H groups in total. The second-order valence-corrected chi connectivity index (χ2v) is 6.55. The lowest BCUT2D eigenvalue weighted by atomic mass is 10.0. The Bertz CT molecular complexity index is 805. The van der Waals surface area contributed by atoms with E-state index in [0.717, 1.165) is 5.56 Å². The number of aromatic nitrogens is 1. The third-order valence-electron chi connectivity index (χ3n) is 3.35. The Morgan fingerprint density at radius 3 is 2.20 bits per heavy atom. The number of rotatable bonds is 4. The molecule has 0 saturated heterocycles. The fourth-order valence-electron chi connectivity index (χ4n) is 2.17. The highest BCUT2D eigenvalue weighted by Crippen LogP contribution is 2.22. The van der Waals surface area contributed by atoms with Gasteiger partial charge >= 0.3 is 5.97 Å². The van der Waals surface area contributed by atoms with Gasteiger partial charge in [0.1, 0.15) is 11.3 Å². The van der Waals surface area contributed by atoms with E-state index in [9.17, 15) is 9.59 Å². The van der Waals surface area contributed by atoms with Crippen molar-refractivity contribution in [1.82, 2.24) is 10.3 Å². The number of esters is 1. The summed E-state index contributed by atoms with van der Waals surface area (Å²) in [5.41, 5.74) is 1.70. The zero-order valence-corrected chi connectivity index (χ0v) is 14.9. The first-order valence-electron chi connectivity index (χ1n) is 7.93. The van der Waals surface area contributed by atoms with E-state index < -0.39 is 11.6 Å². The molecule has 0 aliphatic carbocycles. The van der Waals surface area contributed by atoms with E-state index in [-0.39, 0.29) is 17.2 Å². The molecule has 25 heavy (non-hydrogen) atoms. The molecule has 5 nitrogen and oxygen atoms in total. The topological polar surface area (TPSA) is 68.3 Å². The molecular formula is C20H22N2O3. The van der Waals surface area contributed by atoms with Gasteiger partial charge in [0.15, 0.2) is 0 Å². The van der Waals surface area contributed by atoms with E-state index >= 15 is 0 Å². The summed E-state index contributed by atoms with van der Waals surface area (Å²) in [4.78, 5) is 28.8. The normalized spacial score (nSPS) is 10.9. The Hall–Kier alpha value is -2.95. The van der Waals surface area contributed by atoms with Gasteiger partial charge in [0.2, 0.25) is 0 Å². The summed E-state index contributed by atoms with van der Waals surface area (Å²) in [6, 6.07) is 12.5. The van der Waals surface area contributed by atoms with Crippen molar-refractivity contribution in [2.24, 2.45) is 0 Å². The molecule has 130 valence electrons. The third-order valence-corrected chi connectivity index (χ3v) is 3.35. The van der Waals surface area contributed by atoms with Crippen LogP contribution in [0.15, 0.2) is 49.0 Å². The number of carbonyl (C=O) groups excluding carboxylic acids is 2. The van der Waals surface area contributed by atoms with E-state index in [1.54, 1.807) is 26.8 Å². The number of amides is 1. The SMILES string of the molecule is C=C(c1ccccc1)c1cc(C(=O)OC(C)(C)C)cc(C(=O)NC)n1. The Kier molecular flexibility index (Phi) is 5.37. The summed E-state index contributed by atoms with van der Waals surface area (Å²) in [5, 5.41) is 2.52. The number of ether oxygens (including phenoxy) is 1. The van der Waals surface area contributed by atoms with Crippen molar-refractivity contribution >= 4 is 17.4 Å². The summed E-state index contributed by atoms with van der Waals surface area (Å²) in [6.07, 6.45) is 0. The van der Waals surface area contributed by atoms with Crippen LogP contribution in [-0.4, -0.2) is 29.5 Å². The van der Waals surface area contributed by atoms with E-state index in [1.807, 2.05) is 30.3 Å². The maximum atomic E-state index is 12.4. The summed E-state index contributed by atoms with van der Waals surface area (Å²) in [5.74, 6) is -0.894. The molecule has 2 aromatic rings. The molecule has 1 aromatic carbocycles. The summed E-state index contributed by atoms with van der Waals surface area (Å²) >= 11 is 0. The van der Waals surface area contributed by atoms with E-state index in [4.69, 9.17) is 4.74 Å². The second-order valence-electron chi connectivity index (χ2n) is 6.55. The van der Waals surface area contributed by atoms with Gasteiger partial charge in [-0.1, -0.05) is 36.9 Å². The average Bonchev–Trinajstić information content (AvgIpc) is 2.59. The minimum absolute atomic E-state index is 0.137. The highest BCUT2D eigenvalue weighted by atomic mass is 16.6. The van der Waals surface area contributed by atoms with Crippen LogP contribution in [0.5, 0.6) is 0 Å². The van der Waals surface area contributed by atoms with Crippen LogP contribution in [0.1, 0.15) is 52.9 Å². The molecule has 0 fully saturated rings. The van der Waals surface area contributed by atoms with Gasteiger partial charge in [-0.05, 0) is 38.5 Å². The van der Waals surface area contributed by atoms with Crippen molar-refractivity contribution < 1.29 is 14.3 Å². The number of hydrogen-bond donors (Lipinski definition) is 1. The van der Waals surface area contributed by atoms with Gasteiger partial charge in [-0.15, -0.1) is 0 Å². The monoisotopic (exact) mass is 338 g/mol. The molecule has 0 aliphatic rings. The Labute approximate surface area is 147 Å². The summed E-state index contributed by atoms with van der Waals surface area (Å²) in [6.45, 7) is 9.41. The predicted molar refractivity (Wildman–Crippen MR) is 97.4 cm³/mol. The lowest BCUT2D eigenvalue weighted by Crippen LogP contribution is -2.25. The number of pyridine rings is 1.